The van der Waals surface area contributed by atoms with E-state index in [9.17, 15) is 14.7 Å². The zero-order valence-corrected chi connectivity index (χ0v) is 13.9. The van der Waals surface area contributed by atoms with Gasteiger partial charge >= 0.3 is 5.97 Å². The van der Waals surface area contributed by atoms with E-state index < -0.39 is 5.97 Å². The Morgan fingerprint density at radius 3 is 1.79 bits per heavy atom. The number of rotatable bonds is 3. The molecule has 0 atom stereocenters. The molecule has 0 fully saturated rings. The summed E-state index contributed by atoms with van der Waals surface area (Å²) in [6.07, 6.45) is 0. The van der Waals surface area contributed by atoms with E-state index in [0.29, 0.717) is 5.56 Å². The number of carbonyl (C=O) groups is 2. The van der Waals surface area contributed by atoms with Gasteiger partial charge in [0.05, 0.1) is 5.56 Å². The molecule has 0 saturated carbocycles. The lowest BCUT2D eigenvalue weighted by Crippen LogP contribution is -2.12. The quantitative estimate of drug-likeness (QED) is 0.712. The molecule has 0 radical (unpaired) electrons. The van der Waals surface area contributed by atoms with E-state index in [4.69, 9.17) is 0 Å². The van der Waals surface area contributed by atoms with Gasteiger partial charge in [0.15, 0.2) is 5.78 Å². The van der Waals surface area contributed by atoms with E-state index in [0.717, 1.165) is 27.5 Å². The van der Waals surface area contributed by atoms with Crippen LogP contribution in [0.2, 0.25) is 0 Å². The topological polar surface area (TPSA) is 54.4 Å². The Morgan fingerprint density at radius 1 is 0.792 bits per heavy atom. The predicted octanol–water partition coefficient (Wildman–Crippen LogP) is 4.69. The first-order valence-corrected chi connectivity index (χ1v) is 7.77. The van der Waals surface area contributed by atoms with Crippen LogP contribution in [0.25, 0.3) is 10.8 Å². The highest BCUT2D eigenvalue weighted by atomic mass is 16.4. The maximum Gasteiger partial charge on any atom is 0.336 e. The van der Waals surface area contributed by atoms with Crippen LogP contribution in [0.1, 0.15) is 43.0 Å². The molecule has 0 aliphatic carbocycles. The van der Waals surface area contributed by atoms with Gasteiger partial charge in [-0.3, -0.25) is 4.79 Å². The van der Waals surface area contributed by atoms with Gasteiger partial charge in [0.2, 0.25) is 0 Å². The molecular formula is C21H18O3. The first kappa shape index (κ1) is 15.9. The molecule has 0 aliphatic heterocycles. The van der Waals surface area contributed by atoms with E-state index in [1.807, 2.05) is 57.2 Å². The minimum atomic E-state index is -1.09. The molecule has 1 N–H and O–H groups in total. The summed E-state index contributed by atoms with van der Waals surface area (Å²) in [7, 11) is 0. The van der Waals surface area contributed by atoms with E-state index in [2.05, 4.69) is 0 Å². The Morgan fingerprint density at radius 2 is 1.29 bits per heavy atom. The highest BCUT2D eigenvalue weighted by Crippen LogP contribution is 2.26. The lowest BCUT2D eigenvalue weighted by atomic mass is 9.89. The molecule has 3 aromatic rings. The Balaban J connectivity index is 2.27. The van der Waals surface area contributed by atoms with Gasteiger partial charge in [-0.15, -0.1) is 0 Å². The molecule has 0 aliphatic rings. The van der Waals surface area contributed by atoms with Crippen LogP contribution >= 0.6 is 0 Å². The second-order valence-electron chi connectivity index (χ2n) is 6.15. The van der Waals surface area contributed by atoms with Gasteiger partial charge in [-0.25, -0.2) is 4.79 Å². The standard InChI is InChI=1S/C21H18O3/c1-12-8-13(2)19(14(3)9-12)20(22)17-10-15-6-4-5-7-16(15)11-18(17)21(23)24/h4-11H,1-3H3,(H,23,24). The van der Waals surface area contributed by atoms with Crippen molar-refractivity contribution in [3.63, 3.8) is 0 Å². The fraction of sp³-hybridized carbons (Fsp3) is 0.143. The zero-order valence-electron chi connectivity index (χ0n) is 13.9. The fourth-order valence-electron chi connectivity index (χ4n) is 3.28. The summed E-state index contributed by atoms with van der Waals surface area (Å²) >= 11 is 0. The van der Waals surface area contributed by atoms with Crippen LogP contribution in [0.5, 0.6) is 0 Å². The second kappa shape index (κ2) is 5.93. The molecule has 3 nitrogen and oxygen atoms in total. The van der Waals surface area contributed by atoms with Crippen LogP contribution in [0.3, 0.4) is 0 Å². The number of carbonyl (C=O) groups excluding carboxylic acids is 1. The summed E-state index contributed by atoms with van der Waals surface area (Å²) in [5, 5.41) is 11.2. The molecule has 24 heavy (non-hydrogen) atoms. The van der Waals surface area contributed by atoms with Crippen LogP contribution in [-0.4, -0.2) is 16.9 Å². The number of aromatic carboxylic acids is 1. The molecule has 0 spiro atoms. The van der Waals surface area contributed by atoms with Crippen molar-refractivity contribution < 1.29 is 14.7 Å². The SMILES string of the molecule is Cc1cc(C)c(C(=O)c2cc3ccccc3cc2C(=O)O)c(C)c1. The van der Waals surface area contributed by atoms with Gasteiger partial charge in [-0.2, -0.15) is 0 Å². The monoisotopic (exact) mass is 318 g/mol. The third-order valence-electron chi connectivity index (χ3n) is 4.26. The Kier molecular flexibility index (Phi) is 3.94. The number of fused-ring (bicyclic) bond motifs is 1. The predicted molar refractivity (Wildman–Crippen MR) is 95.0 cm³/mol. The van der Waals surface area contributed by atoms with Gasteiger partial charge in [-0.05, 0) is 54.8 Å². The first-order chi connectivity index (χ1) is 11.4. The Hall–Kier alpha value is -2.94. The maximum atomic E-state index is 13.1. The lowest BCUT2D eigenvalue weighted by Gasteiger charge is -2.13. The first-order valence-electron chi connectivity index (χ1n) is 7.77. The number of hydrogen-bond donors (Lipinski definition) is 1. The molecule has 3 heteroatoms. The number of ketones is 1. The largest absolute Gasteiger partial charge is 0.478 e. The van der Waals surface area contributed by atoms with Gasteiger partial charge in [0.1, 0.15) is 0 Å². The minimum Gasteiger partial charge on any atom is -0.478 e. The van der Waals surface area contributed by atoms with E-state index in [-0.39, 0.29) is 16.9 Å². The van der Waals surface area contributed by atoms with Crippen LogP contribution in [-0.2, 0) is 0 Å². The number of hydrogen-bond acceptors (Lipinski definition) is 2. The number of benzene rings is 3. The van der Waals surface area contributed by atoms with Crippen molar-refractivity contribution in [2.75, 3.05) is 0 Å². The Labute approximate surface area is 140 Å². The van der Waals surface area contributed by atoms with Crippen LogP contribution in [0, 0.1) is 20.8 Å². The van der Waals surface area contributed by atoms with Gasteiger partial charge in [0, 0.05) is 11.1 Å². The van der Waals surface area contributed by atoms with Crippen molar-refractivity contribution in [2.45, 2.75) is 20.8 Å². The fourth-order valence-corrected chi connectivity index (χ4v) is 3.28. The maximum absolute atomic E-state index is 13.1. The zero-order chi connectivity index (χ0) is 17.4. The summed E-state index contributed by atoms with van der Waals surface area (Å²) < 4.78 is 0. The number of aryl methyl sites for hydroxylation is 3. The third kappa shape index (κ3) is 2.69. The van der Waals surface area contributed by atoms with E-state index in [1.165, 1.54) is 0 Å². The lowest BCUT2D eigenvalue weighted by molar-refractivity contribution is 0.0693. The molecular weight excluding hydrogens is 300 g/mol. The van der Waals surface area contributed by atoms with Crippen molar-refractivity contribution in [3.05, 3.63) is 81.9 Å². The van der Waals surface area contributed by atoms with Gasteiger partial charge < -0.3 is 5.11 Å². The summed E-state index contributed by atoms with van der Waals surface area (Å²) in [6.45, 7) is 5.75. The van der Waals surface area contributed by atoms with E-state index >= 15 is 0 Å². The normalized spacial score (nSPS) is 10.8. The van der Waals surface area contributed by atoms with Crippen molar-refractivity contribution in [1.82, 2.24) is 0 Å². The molecule has 3 rings (SSSR count). The second-order valence-corrected chi connectivity index (χ2v) is 6.15. The van der Waals surface area contributed by atoms with Crippen molar-refractivity contribution in [2.24, 2.45) is 0 Å². The molecule has 0 aromatic heterocycles. The molecule has 120 valence electrons. The van der Waals surface area contributed by atoms with Crippen molar-refractivity contribution in [1.29, 1.82) is 0 Å². The van der Waals surface area contributed by atoms with Crippen molar-refractivity contribution >= 4 is 22.5 Å². The van der Waals surface area contributed by atoms with E-state index in [1.54, 1.807) is 12.1 Å². The Bertz CT molecular complexity index is 961. The molecule has 0 unspecified atom stereocenters. The van der Waals surface area contributed by atoms with Gasteiger partial charge in [-0.1, -0.05) is 42.0 Å². The van der Waals surface area contributed by atoms with Crippen LogP contribution in [0.15, 0.2) is 48.5 Å². The molecule has 0 saturated heterocycles. The summed E-state index contributed by atoms with van der Waals surface area (Å²) in [5.74, 6) is -1.33. The summed E-state index contributed by atoms with van der Waals surface area (Å²) in [6, 6.07) is 14.6. The smallest absolute Gasteiger partial charge is 0.336 e. The highest BCUT2D eigenvalue weighted by Gasteiger charge is 2.21. The molecule has 0 bridgehead atoms. The summed E-state index contributed by atoms with van der Waals surface area (Å²) in [4.78, 5) is 24.8. The third-order valence-corrected chi connectivity index (χ3v) is 4.26. The summed E-state index contributed by atoms with van der Waals surface area (Å²) in [5.41, 5.74) is 3.66. The molecule has 3 aromatic carbocycles. The minimum absolute atomic E-state index is 0.0399. The van der Waals surface area contributed by atoms with Crippen molar-refractivity contribution in [3.8, 4) is 0 Å². The van der Waals surface area contributed by atoms with Crippen LogP contribution in [0.4, 0.5) is 0 Å². The highest BCUT2D eigenvalue weighted by molar-refractivity contribution is 6.17. The van der Waals surface area contributed by atoms with Gasteiger partial charge in [0.25, 0.3) is 0 Å². The molecule has 0 heterocycles. The average Bonchev–Trinajstić information content (AvgIpc) is 2.52. The number of carboxylic acid groups (broad SMARTS) is 1. The molecule has 0 amide bonds. The average molecular weight is 318 g/mol. The number of carboxylic acids is 1. The van der Waals surface area contributed by atoms with Crippen LogP contribution < -0.4 is 0 Å².